The molecule has 9 heteroatoms. The minimum absolute atomic E-state index is 0.142. The van der Waals surface area contributed by atoms with E-state index >= 15 is 0 Å². The second-order valence-corrected chi connectivity index (χ2v) is 7.60. The van der Waals surface area contributed by atoms with Gasteiger partial charge in [-0.1, -0.05) is 15.9 Å². The van der Waals surface area contributed by atoms with Crippen molar-refractivity contribution >= 4 is 26.0 Å². The minimum atomic E-state index is -4.77. The number of benzene rings is 1. The Morgan fingerprint density at radius 2 is 1.85 bits per heavy atom. The molecule has 0 aliphatic heterocycles. The van der Waals surface area contributed by atoms with E-state index in [0.717, 1.165) is 12.1 Å². The number of hydrogen-bond donors (Lipinski definition) is 2. The number of rotatable bonds is 4. The summed E-state index contributed by atoms with van der Waals surface area (Å²) in [5.41, 5.74) is 3.51. The Morgan fingerprint density at radius 3 is 2.30 bits per heavy atom. The number of nitrogens with one attached hydrogen (secondary N) is 1. The molecule has 4 nitrogen and oxygen atoms in total. The van der Waals surface area contributed by atoms with E-state index in [1.165, 1.54) is 6.07 Å². The fourth-order valence-corrected chi connectivity index (χ4v) is 3.11. The first kappa shape index (κ1) is 17.4. The smallest absolute Gasteiger partial charge is 0.324 e. The molecule has 1 aromatic rings. The number of sulfonamides is 1. The summed E-state index contributed by atoms with van der Waals surface area (Å²) in [6, 6.07) is 2.86. The summed E-state index contributed by atoms with van der Waals surface area (Å²) in [6.45, 7) is 2.94. The quantitative estimate of drug-likeness (QED) is 0.850. The van der Waals surface area contributed by atoms with Gasteiger partial charge < -0.3 is 5.73 Å². The van der Waals surface area contributed by atoms with Crippen molar-refractivity contribution in [2.75, 3.05) is 6.54 Å². The van der Waals surface area contributed by atoms with Gasteiger partial charge in [-0.05, 0) is 32.0 Å². The van der Waals surface area contributed by atoms with E-state index in [1.807, 2.05) is 0 Å². The zero-order valence-electron chi connectivity index (χ0n) is 10.8. The maximum atomic E-state index is 12.9. The number of nitrogens with two attached hydrogens (primary N) is 1. The van der Waals surface area contributed by atoms with E-state index in [9.17, 15) is 21.6 Å². The average Bonchev–Trinajstić information content (AvgIpc) is 2.24. The van der Waals surface area contributed by atoms with Gasteiger partial charge in [0, 0.05) is 16.6 Å². The lowest BCUT2D eigenvalue weighted by Crippen LogP contribution is -2.45. The summed E-state index contributed by atoms with van der Waals surface area (Å²) in [4.78, 5) is -0.822. The highest BCUT2D eigenvalue weighted by atomic mass is 79.9. The van der Waals surface area contributed by atoms with Crippen molar-refractivity contribution in [3.05, 3.63) is 28.2 Å². The van der Waals surface area contributed by atoms with Crippen molar-refractivity contribution in [3.63, 3.8) is 0 Å². The van der Waals surface area contributed by atoms with Crippen molar-refractivity contribution in [2.24, 2.45) is 5.73 Å². The zero-order chi connectivity index (χ0) is 15.8. The molecule has 0 spiro atoms. The second kappa shape index (κ2) is 5.63. The van der Waals surface area contributed by atoms with Crippen LogP contribution in [0.5, 0.6) is 0 Å². The van der Waals surface area contributed by atoms with Crippen LogP contribution in [0.25, 0.3) is 0 Å². The van der Waals surface area contributed by atoms with Crippen molar-refractivity contribution in [1.29, 1.82) is 0 Å². The Labute approximate surface area is 123 Å². The number of hydrogen-bond acceptors (Lipinski definition) is 3. The Morgan fingerprint density at radius 1 is 1.30 bits per heavy atom. The third kappa shape index (κ3) is 4.72. The largest absolute Gasteiger partial charge is 0.417 e. The van der Waals surface area contributed by atoms with Crippen LogP contribution in [0.4, 0.5) is 13.2 Å². The highest BCUT2D eigenvalue weighted by Gasteiger charge is 2.37. The fraction of sp³-hybridized carbons (Fsp3) is 0.455. The van der Waals surface area contributed by atoms with Gasteiger partial charge in [-0.2, -0.15) is 13.2 Å². The molecular formula is C11H14BrF3N2O2S. The van der Waals surface area contributed by atoms with Crippen molar-refractivity contribution in [2.45, 2.75) is 30.5 Å². The first-order valence-corrected chi connectivity index (χ1v) is 7.76. The van der Waals surface area contributed by atoms with E-state index in [-0.39, 0.29) is 11.0 Å². The Hall–Kier alpha value is -0.640. The van der Waals surface area contributed by atoms with E-state index in [4.69, 9.17) is 5.73 Å². The predicted molar refractivity (Wildman–Crippen MR) is 72.6 cm³/mol. The maximum Gasteiger partial charge on any atom is 0.417 e. The van der Waals surface area contributed by atoms with Gasteiger partial charge in [0.05, 0.1) is 10.5 Å². The summed E-state index contributed by atoms with van der Waals surface area (Å²) in [5, 5.41) is 0. The summed E-state index contributed by atoms with van der Waals surface area (Å²) in [6.07, 6.45) is -4.77. The molecule has 0 amide bonds. The normalized spacial score (nSPS) is 13.6. The molecule has 0 radical (unpaired) electrons. The molecule has 20 heavy (non-hydrogen) atoms. The van der Waals surface area contributed by atoms with Crippen LogP contribution in [-0.4, -0.2) is 20.5 Å². The summed E-state index contributed by atoms with van der Waals surface area (Å²) < 4.78 is 64.9. The molecule has 0 aromatic heterocycles. The monoisotopic (exact) mass is 374 g/mol. The first-order chi connectivity index (χ1) is 8.83. The van der Waals surface area contributed by atoms with Crippen molar-refractivity contribution in [1.82, 2.24) is 4.72 Å². The van der Waals surface area contributed by atoms with Crippen LogP contribution in [-0.2, 0) is 16.2 Å². The lowest BCUT2D eigenvalue weighted by atomic mass is 10.1. The predicted octanol–water partition coefficient (Wildman–Crippen LogP) is 2.48. The van der Waals surface area contributed by atoms with Gasteiger partial charge in [0.15, 0.2) is 0 Å². The molecule has 0 atom stereocenters. The van der Waals surface area contributed by atoms with Gasteiger partial charge >= 0.3 is 6.18 Å². The van der Waals surface area contributed by atoms with Crippen LogP contribution in [0.3, 0.4) is 0 Å². The maximum absolute atomic E-state index is 12.9. The van der Waals surface area contributed by atoms with Gasteiger partial charge in [-0.25, -0.2) is 13.1 Å². The third-order valence-corrected chi connectivity index (χ3v) is 4.21. The Kier molecular flexibility index (Phi) is 4.90. The lowest BCUT2D eigenvalue weighted by Gasteiger charge is -2.20. The van der Waals surface area contributed by atoms with Crippen LogP contribution in [0.15, 0.2) is 27.6 Å². The summed E-state index contributed by atoms with van der Waals surface area (Å²) >= 11 is 2.89. The molecule has 0 aliphatic carbocycles. The molecule has 114 valence electrons. The molecular weight excluding hydrogens is 361 g/mol. The fourth-order valence-electron chi connectivity index (χ4n) is 1.32. The molecule has 0 bridgehead atoms. The van der Waals surface area contributed by atoms with Crippen LogP contribution >= 0.6 is 15.9 Å². The van der Waals surface area contributed by atoms with Crippen LogP contribution in [0, 0.1) is 0 Å². The molecule has 1 rings (SSSR count). The number of halogens is 4. The van der Waals surface area contributed by atoms with E-state index in [0.29, 0.717) is 0 Å². The van der Waals surface area contributed by atoms with Gasteiger partial charge in [0.2, 0.25) is 10.0 Å². The molecule has 0 unspecified atom stereocenters. The van der Waals surface area contributed by atoms with Gasteiger partial charge in [0.1, 0.15) is 0 Å². The van der Waals surface area contributed by atoms with Crippen LogP contribution < -0.4 is 10.5 Å². The minimum Gasteiger partial charge on any atom is -0.324 e. The van der Waals surface area contributed by atoms with E-state index < -0.39 is 32.2 Å². The molecule has 3 N–H and O–H groups in total. The lowest BCUT2D eigenvalue weighted by molar-refractivity contribution is -0.139. The molecule has 0 aliphatic rings. The average molecular weight is 375 g/mol. The highest BCUT2D eigenvalue weighted by Crippen LogP contribution is 2.35. The third-order valence-electron chi connectivity index (χ3n) is 2.25. The van der Waals surface area contributed by atoms with Crippen LogP contribution in [0.2, 0.25) is 0 Å². The standard InChI is InChI=1S/C11H14BrF3N2O2S/c1-10(2,16)6-17-20(18,19)9-4-3-7(12)5-8(9)11(13,14)15/h3-5,17H,6,16H2,1-2H3. The summed E-state index contributed by atoms with van der Waals surface area (Å²) in [5.74, 6) is 0. The Bertz CT molecular complexity index is 595. The molecule has 0 saturated carbocycles. The second-order valence-electron chi connectivity index (χ2n) is 4.95. The van der Waals surface area contributed by atoms with Crippen molar-refractivity contribution in [3.8, 4) is 0 Å². The number of alkyl halides is 3. The van der Waals surface area contributed by atoms with E-state index in [2.05, 4.69) is 20.7 Å². The first-order valence-electron chi connectivity index (χ1n) is 5.48. The van der Waals surface area contributed by atoms with Crippen LogP contribution in [0.1, 0.15) is 19.4 Å². The summed E-state index contributed by atoms with van der Waals surface area (Å²) in [7, 11) is -4.29. The molecule has 0 fully saturated rings. The Balaban J connectivity index is 3.25. The SMILES string of the molecule is CC(C)(N)CNS(=O)(=O)c1ccc(Br)cc1C(F)(F)F. The molecule has 1 aromatic carbocycles. The highest BCUT2D eigenvalue weighted by molar-refractivity contribution is 9.10. The topological polar surface area (TPSA) is 72.2 Å². The zero-order valence-corrected chi connectivity index (χ0v) is 13.2. The van der Waals surface area contributed by atoms with Gasteiger partial charge in [-0.15, -0.1) is 0 Å². The van der Waals surface area contributed by atoms with E-state index in [1.54, 1.807) is 13.8 Å². The molecule has 0 saturated heterocycles. The van der Waals surface area contributed by atoms with Gasteiger partial charge in [0.25, 0.3) is 0 Å². The van der Waals surface area contributed by atoms with Crippen molar-refractivity contribution < 1.29 is 21.6 Å². The van der Waals surface area contributed by atoms with Gasteiger partial charge in [-0.3, -0.25) is 0 Å². The molecule has 0 heterocycles.